The van der Waals surface area contributed by atoms with Crippen LogP contribution >= 0.6 is 0 Å². The number of hydrogen-bond donors (Lipinski definition) is 3. The summed E-state index contributed by atoms with van der Waals surface area (Å²) in [6, 6.07) is 14.6. The third-order valence-corrected chi connectivity index (χ3v) is 4.28. The Morgan fingerprint density at radius 1 is 0.880 bits per heavy atom. The summed E-state index contributed by atoms with van der Waals surface area (Å²) in [5, 5.41) is 29.2. The summed E-state index contributed by atoms with van der Waals surface area (Å²) in [5.74, 6) is 0.0231. The first-order valence-corrected chi connectivity index (χ1v) is 7.71. The molecule has 0 radical (unpaired) electrons. The van der Waals surface area contributed by atoms with Gasteiger partial charge in [0.2, 0.25) is 0 Å². The van der Waals surface area contributed by atoms with Crippen LogP contribution in [-0.4, -0.2) is 21.3 Å². The monoisotopic (exact) mass is 334 g/mol. The van der Waals surface area contributed by atoms with E-state index in [0.29, 0.717) is 29.0 Å². The van der Waals surface area contributed by atoms with Crippen LogP contribution in [0.3, 0.4) is 0 Å². The minimum atomic E-state index is -1.03. The summed E-state index contributed by atoms with van der Waals surface area (Å²) >= 11 is 0. The van der Waals surface area contributed by atoms with Gasteiger partial charge in [-0.15, -0.1) is 0 Å². The lowest BCUT2D eigenvalue weighted by molar-refractivity contribution is 0.0697. The van der Waals surface area contributed by atoms with Crippen molar-refractivity contribution in [1.29, 1.82) is 0 Å². The Morgan fingerprint density at radius 2 is 1.64 bits per heavy atom. The van der Waals surface area contributed by atoms with Crippen molar-refractivity contribution in [2.45, 2.75) is 6.42 Å². The van der Waals surface area contributed by atoms with Gasteiger partial charge in [-0.05, 0) is 34.9 Å². The number of hydrogen-bond acceptors (Lipinski definition) is 4. The summed E-state index contributed by atoms with van der Waals surface area (Å²) in [5.41, 5.74) is 2.97. The van der Waals surface area contributed by atoms with Gasteiger partial charge in [0.15, 0.2) is 0 Å². The molecule has 25 heavy (non-hydrogen) atoms. The fourth-order valence-electron chi connectivity index (χ4n) is 3.14. The zero-order valence-electron chi connectivity index (χ0n) is 13.1. The molecule has 4 rings (SSSR count). The van der Waals surface area contributed by atoms with E-state index in [1.165, 1.54) is 18.2 Å². The summed E-state index contributed by atoms with van der Waals surface area (Å²) in [4.78, 5) is 11.6. The number of benzene rings is 3. The molecular formula is C20H14O5. The van der Waals surface area contributed by atoms with Gasteiger partial charge >= 0.3 is 5.97 Å². The molecule has 5 heteroatoms. The fourth-order valence-corrected chi connectivity index (χ4v) is 3.14. The first kappa shape index (κ1) is 15.1. The Kier molecular flexibility index (Phi) is 3.35. The molecule has 1 aliphatic rings. The van der Waals surface area contributed by atoms with Crippen molar-refractivity contribution in [2.75, 3.05) is 0 Å². The zero-order chi connectivity index (χ0) is 17.6. The zero-order valence-corrected chi connectivity index (χ0v) is 13.1. The maximum Gasteiger partial charge on any atom is 0.336 e. The number of aromatic carboxylic acids is 1. The van der Waals surface area contributed by atoms with Gasteiger partial charge < -0.3 is 20.1 Å². The highest BCUT2D eigenvalue weighted by molar-refractivity contribution is 5.97. The van der Waals surface area contributed by atoms with Crippen molar-refractivity contribution in [3.8, 4) is 34.1 Å². The topological polar surface area (TPSA) is 87.0 Å². The van der Waals surface area contributed by atoms with Crippen molar-refractivity contribution in [2.24, 2.45) is 0 Å². The van der Waals surface area contributed by atoms with E-state index < -0.39 is 5.97 Å². The number of ether oxygens (including phenoxy) is 1. The van der Waals surface area contributed by atoms with Crippen LogP contribution < -0.4 is 4.74 Å². The summed E-state index contributed by atoms with van der Waals surface area (Å²) in [6.45, 7) is 0. The van der Waals surface area contributed by atoms with Crippen molar-refractivity contribution >= 4 is 5.97 Å². The molecule has 0 fully saturated rings. The lowest BCUT2D eigenvalue weighted by Gasteiger charge is -2.23. The van der Waals surface area contributed by atoms with Crippen LogP contribution in [0, 0.1) is 0 Å². The Labute approximate surface area is 143 Å². The quantitative estimate of drug-likeness (QED) is 0.512. The molecule has 0 aromatic heterocycles. The maximum absolute atomic E-state index is 11.6. The van der Waals surface area contributed by atoms with Crippen molar-refractivity contribution < 1.29 is 24.9 Å². The van der Waals surface area contributed by atoms with Gasteiger partial charge in [-0.2, -0.15) is 0 Å². The minimum absolute atomic E-state index is 0.0162. The molecule has 3 aromatic rings. The number of carboxylic acids is 1. The minimum Gasteiger partial charge on any atom is -0.508 e. The van der Waals surface area contributed by atoms with E-state index in [2.05, 4.69) is 0 Å². The average Bonchev–Trinajstić information content (AvgIpc) is 2.59. The van der Waals surface area contributed by atoms with E-state index in [9.17, 15) is 20.1 Å². The molecule has 5 nitrogen and oxygen atoms in total. The van der Waals surface area contributed by atoms with Gasteiger partial charge in [-0.3, -0.25) is 0 Å². The molecule has 0 amide bonds. The highest BCUT2D eigenvalue weighted by Gasteiger charge is 2.24. The van der Waals surface area contributed by atoms with E-state index in [1.54, 1.807) is 36.4 Å². The molecule has 124 valence electrons. The molecule has 0 saturated heterocycles. The van der Waals surface area contributed by atoms with Gasteiger partial charge in [-0.1, -0.05) is 24.3 Å². The number of phenolic OH excluding ortho intramolecular Hbond substituents is 2. The number of carboxylic acid groups (broad SMARTS) is 1. The van der Waals surface area contributed by atoms with Gasteiger partial charge in [0.05, 0.1) is 5.56 Å². The van der Waals surface area contributed by atoms with Crippen LogP contribution in [0.15, 0.2) is 54.6 Å². The molecule has 0 atom stereocenters. The molecule has 0 aliphatic carbocycles. The Morgan fingerprint density at radius 3 is 2.44 bits per heavy atom. The van der Waals surface area contributed by atoms with E-state index in [1.807, 2.05) is 0 Å². The standard InChI is InChI=1S/C20H14O5/c21-12-6-5-11-7-17-16(14-3-1-2-4-15(14)20(23)24)8-13(22)10-19(17)25-18(11)9-12/h1-6,8-10,21-22H,7H2,(H,23,24). The van der Waals surface area contributed by atoms with Crippen LogP contribution in [0.5, 0.6) is 23.0 Å². The summed E-state index contributed by atoms with van der Waals surface area (Å²) in [7, 11) is 0. The molecule has 1 heterocycles. The second kappa shape index (κ2) is 5.56. The van der Waals surface area contributed by atoms with Gasteiger partial charge in [0.25, 0.3) is 0 Å². The highest BCUT2D eigenvalue weighted by atomic mass is 16.5. The lowest BCUT2D eigenvalue weighted by Crippen LogP contribution is -2.06. The predicted molar refractivity (Wildman–Crippen MR) is 91.5 cm³/mol. The Balaban J connectivity index is 1.92. The van der Waals surface area contributed by atoms with E-state index in [4.69, 9.17) is 4.74 Å². The Hall–Kier alpha value is -3.47. The molecule has 1 aliphatic heterocycles. The second-order valence-electron chi connectivity index (χ2n) is 5.89. The van der Waals surface area contributed by atoms with Gasteiger partial charge in [0.1, 0.15) is 23.0 Å². The summed E-state index contributed by atoms with van der Waals surface area (Å²) < 4.78 is 5.83. The number of aromatic hydroxyl groups is 2. The molecular weight excluding hydrogens is 320 g/mol. The van der Waals surface area contributed by atoms with Gasteiger partial charge in [-0.25, -0.2) is 4.79 Å². The van der Waals surface area contributed by atoms with Crippen LogP contribution in [-0.2, 0) is 6.42 Å². The van der Waals surface area contributed by atoms with Gasteiger partial charge in [0, 0.05) is 24.1 Å². The smallest absolute Gasteiger partial charge is 0.336 e. The average molecular weight is 334 g/mol. The number of phenols is 2. The molecule has 0 unspecified atom stereocenters. The molecule has 3 N–H and O–H groups in total. The van der Waals surface area contributed by atoms with Crippen molar-refractivity contribution in [3.63, 3.8) is 0 Å². The number of carbonyl (C=O) groups is 1. The molecule has 0 bridgehead atoms. The molecule has 3 aromatic carbocycles. The predicted octanol–water partition coefficient (Wildman–Crippen LogP) is 4.16. The van der Waals surface area contributed by atoms with E-state index in [-0.39, 0.29) is 17.1 Å². The van der Waals surface area contributed by atoms with Crippen molar-refractivity contribution in [1.82, 2.24) is 0 Å². The molecule has 0 saturated carbocycles. The van der Waals surface area contributed by atoms with E-state index in [0.717, 1.165) is 11.1 Å². The molecule has 0 spiro atoms. The fraction of sp³-hybridized carbons (Fsp3) is 0.0500. The van der Waals surface area contributed by atoms with Crippen LogP contribution in [0.2, 0.25) is 0 Å². The summed E-state index contributed by atoms with van der Waals surface area (Å²) in [6.07, 6.45) is 0.508. The Bertz CT molecular complexity index is 1010. The first-order valence-electron chi connectivity index (χ1n) is 7.71. The largest absolute Gasteiger partial charge is 0.508 e. The third-order valence-electron chi connectivity index (χ3n) is 4.28. The van der Waals surface area contributed by atoms with Crippen LogP contribution in [0.4, 0.5) is 0 Å². The first-order chi connectivity index (χ1) is 12.0. The van der Waals surface area contributed by atoms with Crippen molar-refractivity contribution in [3.05, 3.63) is 71.3 Å². The van der Waals surface area contributed by atoms with Crippen LogP contribution in [0.25, 0.3) is 11.1 Å². The normalized spacial score (nSPS) is 12.0. The number of rotatable bonds is 2. The third kappa shape index (κ3) is 2.55. The SMILES string of the molecule is O=C(O)c1ccccc1-c1cc(O)cc2c1Cc1ccc(O)cc1O2. The highest BCUT2D eigenvalue weighted by Crippen LogP contribution is 2.44. The van der Waals surface area contributed by atoms with Crippen LogP contribution in [0.1, 0.15) is 21.5 Å². The maximum atomic E-state index is 11.6. The lowest BCUT2D eigenvalue weighted by atomic mass is 9.89. The number of fused-ring (bicyclic) bond motifs is 2. The van der Waals surface area contributed by atoms with E-state index >= 15 is 0 Å². The second-order valence-corrected chi connectivity index (χ2v) is 5.89.